The fourth-order valence-electron chi connectivity index (χ4n) is 4.02. The number of aliphatic hydroxyl groups is 1. The maximum absolute atomic E-state index is 12.8. The van der Waals surface area contributed by atoms with Crippen molar-refractivity contribution in [3.63, 3.8) is 0 Å². The molecule has 8 heteroatoms. The van der Waals surface area contributed by atoms with E-state index < -0.39 is 12.3 Å². The molecule has 31 heavy (non-hydrogen) atoms. The predicted octanol–water partition coefficient (Wildman–Crippen LogP) is 4.56. The highest BCUT2D eigenvalue weighted by atomic mass is 19.1. The molecule has 0 atom stereocenters. The molecule has 1 fully saturated rings. The molecule has 0 spiro atoms. The van der Waals surface area contributed by atoms with Crippen molar-refractivity contribution in [3.8, 4) is 17.3 Å². The van der Waals surface area contributed by atoms with E-state index in [-0.39, 0.29) is 17.5 Å². The summed E-state index contributed by atoms with van der Waals surface area (Å²) in [6, 6.07) is 6.13. The number of benzene rings is 1. The zero-order valence-electron chi connectivity index (χ0n) is 18.6. The standard InChI is InChI=1S/C23H29FN4O3/c1-6-30-15-8-16-13(2)7-18(26-19(16)17(9-15)22(3,4)5)20-27-28-21(31-20)25-14-10-23(29,11-14)12-24/h7-9,14,29H,6,10-12H2,1-5H3,(H,25,28)/t14-,23-. The second-order valence-electron chi connectivity index (χ2n) is 9.39. The number of alkyl halides is 1. The van der Waals surface area contributed by atoms with Crippen LogP contribution in [0.15, 0.2) is 22.6 Å². The quantitative estimate of drug-likeness (QED) is 0.594. The summed E-state index contributed by atoms with van der Waals surface area (Å²) in [5, 5.41) is 22.1. The Morgan fingerprint density at radius 3 is 2.65 bits per heavy atom. The van der Waals surface area contributed by atoms with Crippen LogP contribution < -0.4 is 10.1 Å². The van der Waals surface area contributed by atoms with Crippen LogP contribution in [0, 0.1) is 6.92 Å². The van der Waals surface area contributed by atoms with Gasteiger partial charge in [-0.1, -0.05) is 25.9 Å². The van der Waals surface area contributed by atoms with Gasteiger partial charge in [-0.15, -0.1) is 5.10 Å². The molecule has 0 amide bonds. The van der Waals surface area contributed by atoms with Crippen LogP contribution >= 0.6 is 0 Å². The van der Waals surface area contributed by atoms with Crippen molar-refractivity contribution in [2.75, 3.05) is 18.6 Å². The highest BCUT2D eigenvalue weighted by Crippen LogP contribution is 2.37. The van der Waals surface area contributed by atoms with E-state index in [1.807, 2.05) is 32.0 Å². The summed E-state index contributed by atoms with van der Waals surface area (Å²) in [5.74, 6) is 1.14. The molecule has 0 saturated heterocycles. The summed E-state index contributed by atoms with van der Waals surface area (Å²) in [7, 11) is 0. The summed E-state index contributed by atoms with van der Waals surface area (Å²) in [4.78, 5) is 4.87. The second kappa shape index (κ2) is 7.75. The monoisotopic (exact) mass is 428 g/mol. The molecule has 3 aromatic rings. The Morgan fingerprint density at radius 1 is 1.26 bits per heavy atom. The minimum absolute atomic E-state index is 0.0928. The average molecular weight is 429 g/mol. The molecular formula is C23H29FN4O3. The molecule has 7 nitrogen and oxygen atoms in total. The molecule has 4 rings (SSSR count). The topological polar surface area (TPSA) is 93.3 Å². The molecule has 2 heterocycles. The first-order valence-electron chi connectivity index (χ1n) is 10.6. The van der Waals surface area contributed by atoms with Gasteiger partial charge in [0.15, 0.2) is 0 Å². The van der Waals surface area contributed by atoms with Gasteiger partial charge in [-0.2, -0.15) is 0 Å². The van der Waals surface area contributed by atoms with Gasteiger partial charge in [0.25, 0.3) is 5.89 Å². The molecule has 0 unspecified atom stereocenters. The molecule has 1 aliphatic carbocycles. The molecule has 0 bridgehead atoms. The van der Waals surface area contributed by atoms with Gasteiger partial charge in [0.1, 0.15) is 18.1 Å². The third-order valence-corrected chi connectivity index (χ3v) is 5.69. The zero-order valence-corrected chi connectivity index (χ0v) is 18.6. The number of pyridine rings is 1. The molecule has 0 radical (unpaired) electrons. The van der Waals surface area contributed by atoms with Crippen LogP contribution in [0.4, 0.5) is 10.4 Å². The summed E-state index contributed by atoms with van der Waals surface area (Å²) in [6.45, 7) is 10.3. The van der Waals surface area contributed by atoms with Crippen LogP contribution in [0.1, 0.15) is 51.7 Å². The third kappa shape index (κ3) is 4.21. The molecule has 2 N–H and O–H groups in total. The van der Waals surface area contributed by atoms with E-state index in [0.29, 0.717) is 31.0 Å². The summed E-state index contributed by atoms with van der Waals surface area (Å²) in [5.41, 5.74) is 2.21. The highest BCUT2D eigenvalue weighted by molar-refractivity contribution is 5.89. The van der Waals surface area contributed by atoms with E-state index in [9.17, 15) is 9.50 Å². The maximum atomic E-state index is 12.8. The number of halogens is 1. The van der Waals surface area contributed by atoms with Crippen LogP contribution in [-0.2, 0) is 5.41 Å². The molecule has 0 aliphatic heterocycles. The van der Waals surface area contributed by atoms with E-state index in [4.69, 9.17) is 14.1 Å². The largest absolute Gasteiger partial charge is 0.494 e. The first kappa shape index (κ1) is 21.5. The average Bonchev–Trinajstić information content (AvgIpc) is 3.14. The van der Waals surface area contributed by atoms with Crippen molar-refractivity contribution in [1.82, 2.24) is 15.2 Å². The van der Waals surface area contributed by atoms with Crippen LogP contribution in [0.3, 0.4) is 0 Å². The number of anilines is 1. The van der Waals surface area contributed by atoms with E-state index in [0.717, 1.165) is 27.8 Å². The molecule has 166 valence electrons. The van der Waals surface area contributed by atoms with Gasteiger partial charge >= 0.3 is 6.01 Å². The molecule has 2 aromatic heterocycles. The Hall–Kier alpha value is -2.74. The third-order valence-electron chi connectivity index (χ3n) is 5.69. The summed E-state index contributed by atoms with van der Waals surface area (Å²) >= 11 is 0. The number of aromatic nitrogens is 3. The molecule has 1 aliphatic rings. The lowest BCUT2D eigenvalue weighted by molar-refractivity contribution is -0.0592. The lowest BCUT2D eigenvalue weighted by Crippen LogP contribution is -2.52. The van der Waals surface area contributed by atoms with Crippen LogP contribution in [0.5, 0.6) is 5.75 Å². The van der Waals surface area contributed by atoms with Gasteiger partial charge in [-0.25, -0.2) is 9.37 Å². The number of nitrogens with zero attached hydrogens (tertiary/aromatic N) is 3. The normalized spacial score (nSPS) is 21.2. The van der Waals surface area contributed by atoms with Crippen molar-refractivity contribution >= 4 is 16.9 Å². The SMILES string of the molecule is CCOc1cc(C(C)(C)C)c2nc(-c3nnc(N[C@H]4C[C@@](O)(CF)C4)o3)cc(C)c2c1. The molecular weight excluding hydrogens is 399 g/mol. The van der Waals surface area contributed by atoms with Gasteiger partial charge in [-0.05, 0) is 61.4 Å². The number of rotatable bonds is 6. The first-order valence-corrected chi connectivity index (χ1v) is 10.6. The van der Waals surface area contributed by atoms with E-state index in [1.165, 1.54) is 0 Å². The summed E-state index contributed by atoms with van der Waals surface area (Å²) < 4.78 is 24.3. The summed E-state index contributed by atoms with van der Waals surface area (Å²) in [6.07, 6.45) is 0.622. The lowest BCUT2D eigenvalue weighted by Gasteiger charge is -2.41. The number of hydrogen-bond donors (Lipinski definition) is 2. The van der Waals surface area contributed by atoms with E-state index in [2.05, 4.69) is 36.3 Å². The van der Waals surface area contributed by atoms with Crippen LogP contribution in [-0.4, -0.2) is 45.2 Å². The lowest BCUT2D eigenvalue weighted by atomic mass is 9.77. The van der Waals surface area contributed by atoms with Crippen LogP contribution in [0.25, 0.3) is 22.5 Å². The van der Waals surface area contributed by atoms with Crippen molar-refractivity contribution < 1.29 is 18.7 Å². The Balaban J connectivity index is 1.68. The maximum Gasteiger partial charge on any atom is 0.316 e. The van der Waals surface area contributed by atoms with E-state index >= 15 is 0 Å². The number of nitrogens with one attached hydrogen (secondary N) is 1. The van der Waals surface area contributed by atoms with Crippen molar-refractivity contribution in [2.45, 2.75) is 64.5 Å². The Labute approximate surface area is 181 Å². The predicted molar refractivity (Wildman–Crippen MR) is 117 cm³/mol. The number of fused-ring (bicyclic) bond motifs is 1. The van der Waals surface area contributed by atoms with Gasteiger partial charge in [0.2, 0.25) is 0 Å². The fraction of sp³-hybridized carbons (Fsp3) is 0.522. The minimum Gasteiger partial charge on any atom is -0.494 e. The van der Waals surface area contributed by atoms with Crippen LogP contribution in [0.2, 0.25) is 0 Å². The minimum atomic E-state index is -1.23. The molecule has 1 aromatic carbocycles. The number of hydrogen-bond acceptors (Lipinski definition) is 7. The molecule has 1 saturated carbocycles. The second-order valence-corrected chi connectivity index (χ2v) is 9.39. The highest BCUT2D eigenvalue weighted by Gasteiger charge is 2.43. The Bertz CT molecular complexity index is 1100. The first-order chi connectivity index (χ1) is 14.6. The number of aryl methyl sites for hydroxylation is 1. The van der Waals surface area contributed by atoms with Gasteiger partial charge in [0.05, 0.1) is 17.7 Å². The van der Waals surface area contributed by atoms with Crippen molar-refractivity contribution in [2.24, 2.45) is 0 Å². The van der Waals surface area contributed by atoms with E-state index in [1.54, 1.807) is 0 Å². The van der Waals surface area contributed by atoms with Gasteiger partial charge in [0, 0.05) is 11.4 Å². The zero-order chi connectivity index (χ0) is 22.4. The van der Waals surface area contributed by atoms with Crippen molar-refractivity contribution in [1.29, 1.82) is 0 Å². The van der Waals surface area contributed by atoms with Crippen molar-refractivity contribution in [3.05, 3.63) is 29.3 Å². The smallest absolute Gasteiger partial charge is 0.316 e. The fourth-order valence-corrected chi connectivity index (χ4v) is 4.02. The van der Waals surface area contributed by atoms with Gasteiger partial charge < -0.3 is 19.6 Å². The Morgan fingerprint density at radius 2 is 2.00 bits per heavy atom. The number of ether oxygens (including phenoxy) is 1. The van der Waals surface area contributed by atoms with Gasteiger partial charge in [-0.3, -0.25) is 0 Å². The Kier molecular flexibility index (Phi) is 5.37.